The zero-order valence-electron chi connectivity index (χ0n) is 11.1. The van der Waals surface area contributed by atoms with Gasteiger partial charge in [0, 0.05) is 11.6 Å². The topological polar surface area (TPSA) is 55.1 Å². The number of carbonyl (C=O) groups is 1. The predicted octanol–water partition coefficient (Wildman–Crippen LogP) is 2.66. The van der Waals surface area contributed by atoms with Crippen molar-refractivity contribution in [2.24, 2.45) is 5.73 Å². The van der Waals surface area contributed by atoms with E-state index in [9.17, 15) is 4.79 Å². The van der Waals surface area contributed by atoms with Gasteiger partial charge < -0.3 is 11.1 Å². The Labute approximate surface area is 119 Å². The van der Waals surface area contributed by atoms with Crippen molar-refractivity contribution >= 4 is 17.5 Å². The van der Waals surface area contributed by atoms with Crippen molar-refractivity contribution in [1.82, 2.24) is 5.32 Å². The summed E-state index contributed by atoms with van der Waals surface area (Å²) in [5.74, 6) is -0.00534. The number of rotatable bonds is 4. The molecule has 1 aromatic rings. The molecular weight excluding hydrogens is 260 g/mol. The fourth-order valence-electron chi connectivity index (χ4n) is 2.60. The van der Waals surface area contributed by atoms with Crippen LogP contribution in [0.3, 0.4) is 0 Å². The van der Waals surface area contributed by atoms with E-state index in [1.165, 1.54) is 6.42 Å². The summed E-state index contributed by atoms with van der Waals surface area (Å²) >= 11 is 5.92. The van der Waals surface area contributed by atoms with Crippen LogP contribution < -0.4 is 11.1 Å². The van der Waals surface area contributed by atoms with Crippen molar-refractivity contribution in [2.75, 3.05) is 6.54 Å². The third-order valence-corrected chi connectivity index (χ3v) is 4.02. The first-order valence-electron chi connectivity index (χ1n) is 6.92. The summed E-state index contributed by atoms with van der Waals surface area (Å²) in [4.78, 5) is 12.1. The first-order valence-corrected chi connectivity index (χ1v) is 7.30. The minimum atomic E-state index is -0.646. The molecule has 104 valence electrons. The van der Waals surface area contributed by atoms with E-state index in [1.54, 1.807) is 0 Å². The van der Waals surface area contributed by atoms with Gasteiger partial charge >= 0.3 is 0 Å². The van der Waals surface area contributed by atoms with Gasteiger partial charge in [0.15, 0.2) is 0 Å². The monoisotopic (exact) mass is 280 g/mol. The van der Waals surface area contributed by atoms with Gasteiger partial charge in [-0.15, -0.1) is 0 Å². The van der Waals surface area contributed by atoms with E-state index in [-0.39, 0.29) is 5.91 Å². The van der Waals surface area contributed by atoms with E-state index in [0.717, 1.165) is 42.7 Å². The molecule has 1 aliphatic carbocycles. The third-order valence-electron chi connectivity index (χ3n) is 3.79. The summed E-state index contributed by atoms with van der Waals surface area (Å²) in [5.41, 5.74) is 6.65. The van der Waals surface area contributed by atoms with Crippen LogP contribution in [-0.2, 0) is 11.2 Å². The molecule has 0 radical (unpaired) electrons. The van der Waals surface area contributed by atoms with Gasteiger partial charge in [-0.25, -0.2) is 0 Å². The van der Waals surface area contributed by atoms with Crippen LogP contribution in [0.1, 0.15) is 37.7 Å². The van der Waals surface area contributed by atoms with Crippen molar-refractivity contribution in [3.05, 3.63) is 34.9 Å². The molecule has 0 unspecified atom stereocenters. The first kappa shape index (κ1) is 14.4. The highest BCUT2D eigenvalue weighted by Gasteiger charge is 2.34. The van der Waals surface area contributed by atoms with Gasteiger partial charge in [-0.2, -0.15) is 0 Å². The molecule has 1 amide bonds. The van der Waals surface area contributed by atoms with Crippen LogP contribution in [0.5, 0.6) is 0 Å². The Hall–Kier alpha value is -1.06. The molecule has 19 heavy (non-hydrogen) atoms. The zero-order valence-corrected chi connectivity index (χ0v) is 11.9. The van der Waals surface area contributed by atoms with Crippen LogP contribution in [0.4, 0.5) is 0 Å². The van der Waals surface area contributed by atoms with Crippen molar-refractivity contribution in [1.29, 1.82) is 0 Å². The van der Waals surface area contributed by atoms with Crippen molar-refractivity contribution in [3.63, 3.8) is 0 Å². The van der Waals surface area contributed by atoms with Gasteiger partial charge in [0.1, 0.15) is 0 Å². The van der Waals surface area contributed by atoms with Crippen LogP contribution in [0, 0.1) is 0 Å². The van der Waals surface area contributed by atoms with Crippen LogP contribution in [-0.4, -0.2) is 18.0 Å². The van der Waals surface area contributed by atoms with Crippen LogP contribution >= 0.6 is 11.6 Å². The second kappa shape index (κ2) is 6.40. The molecular formula is C15H21ClN2O. The van der Waals surface area contributed by atoms with E-state index in [4.69, 9.17) is 17.3 Å². The van der Waals surface area contributed by atoms with Gasteiger partial charge in [-0.1, -0.05) is 43.0 Å². The van der Waals surface area contributed by atoms with Crippen molar-refractivity contribution in [3.8, 4) is 0 Å². The van der Waals surface area contributed by atoms with E-state index >= 15 is 0 Å². The highest BCUT2D eigenvalue weighted by molar-refractivity contribution is 6.30. The summed E-state index contributed by atoms with van der Waals surface area (Å²) in [6, 6.07) is 7.70. The Kier molecular flexibility index (Phi) is 4.83. The number of carbonyl (C=O) groups excluding carboxylic acids is 1. The van der Waals surface area contributed by atoms with Crippen LogP contribution in [0.15, 0.2) is 24.3 Å². The van der Waals surface area contributed by atoms with E-state index < -0.39 is 5.54 Å². The molecule has 0 bridgehead atoms. The zero-order chi connectivity index (χ0) is 13.7. The largest absolute Gasteiger partial charge is 0.354 e. The average molecular weight is 281 g/mol. The Morgan fingerprint density at radius 1 is 1.32 bits per heavy atom. The Bertz CT molecular complexity index is 442. The van der Waals surface area contributed by atoms with Gasteiger partial charge in [-0.3, -0.25) is 4.79 Å². The van der Waals surface area contributed by atoms with Gasteiger partial charge in [0.05, 0.1) is 5.54 Å². The molecule has 1 aliphatic rings. The Morgan fingerprint density at radius 2 is 2.05 bits per heavy atom. The van der Waals surface area contributed by atoms with Crippen molar-refractivity contribution < 1.29 is 4.79 Å². The first-order chi connectivity index (χ1) is 9.10. The summed E-state index contributed by atoms with van der Waals surface area (Å²) < 4.78 is 0. The molecule has 0 aliphatic heterocycles. The fourth-order valence-corrected chi connectivity index (χ4v) is 2.81. The summed E-state index contributed by atoms with van der Waals surface area (Å²) in [5, 5.41) is 3.68. The predicted molar refractivity (Wildman–Crippen MR) is 78.2 cm³/mol. The van der Waals surface area contributed by atoms with Crippen LogP contribution in [0.25, 0.3) is 0 Å². The molecule has 0 saturated heterocycles. The molecule has 0 spiro atoms. The number of nitrogens with two attached hydrogens (primary N) is 1. The molecule has 3 N–H and O–H groups in total. The number of benzene rings is 1. The number of amides is 1. The SMILES string of the molecule is NC1(C(=O)NCCc2cccc(Cl)c2)CCCCC1. The molecule has 0 aromatic heterocycles. The lowest BCUT2D eigenvalue weighted by Gasteiger charge is -2.31. The molecule has 1 aromatic carbocycles. The maximum Gasteiger partial charge on any atom is 0.240 e. The molecule has 0 atom stereocenters. The van der Waals surface area contributed by atoms with Crippen LogP contribution in [0.2, 0.25) is 5.02 Å². The molecule has 0 heterocycles. The Morgan fingerprint density at radius 3 is 2.74 bits per heavy atom. The average Bonchev–Trinajstić information content (AvgIpc) is 2.39. The summed E-state index contributed by atoms with van der Waals surface area (Å²) in [7, 11) is 0. The summed E-state index contributed by atoms with van der Waals surface area (Å²) in [6.07, 6.45) is 5.68. The number of hydrogen-bond donors (Lipinski definition) is 2. The molecule has 1 saturated carbocycles. The lowest BCUT2D eigenvalue weighted by Crippen LogP contribution is -2.55. The highest BCUT2D eigenvalue weighted by atomic mass is 35.5. The number of hydrogen-bond acceptors (Lipinski definition) is 2. The lowest BCUT2D eigenvalue weighted by molar-refractivity contribution is -0.127. The normalized spacial score (nSPS) is 18.0. The maximum absolute atomic E-state index is 12.1. The third kappa shape index (κ3) is 3.95. The number of halogens is 1. The quantitative estimate of drug-likeness (QED) is 0.891. The minimum Gasteiger partial charge on any atom is -0.354 e. The van der Waals surface area contributed by atoms with E-state index in [0.29, 0.717) is 6.54 Å². The second-order valence-corrected chi connectivity index (χ2v) is 5.79. The molecule has 3 nitrogen and oxygen atoms in total. The molecule has 4 heteroatoms. The van der Waals surface area contributed by atoms with Crippen molar-refractivity contribution in [2.45, 2.75) is 44.1 Å². The standard InChI is InChI=1S/C15H21ClN2O/c16-13-6-4-5-12(11-13)7-10-18-14(19)15(17)8-2-1-3-9-15/h4-6,11H,1-3,7-10,17H2,(H,18,19). The van der Waals surface area contributed by atoms with E-state index in [1.807, 2.05) is 24.3 Å². The number of nitrogens with one attached hydrogen (secondary N) is 1. The molecule has 2 rings (SSSR count). The van der Waals surface area contributed by atoms with E-state index in [2.05, 4.69) is 5.32 Å². The minimum absolute atomic E-state index is 0.00534. The smallest absolute Gasteiger partial charge is 0.240 e. The maximum atomic E-state index is 12.1. The fraction of sp³-hybridized carbons (Fsp3) is 0.533. The van der Waals surface area contributed by atoms with Gasteiger partial charge in [0.2, 0.25) is 5.91 Å². The lowest BCUT2D eigenvalue weighted by atomic mass is 9.82. The summed E-state index contributed by atoms with van der Waals surface area (Å²) in [6.45, 7) is 0.609. The molecule has 1 fully saturated rings. The Balaban J connectivity index is 1.80. The second-order valence-electron chi connectivity index (χ2n) is 5.35. The van der Waals surface area contributed by atoms with Gasteiger partial charge in [0.25, 0.3) is 0 Å². The van der Waals surface area contributed by atoms with Gasteiger partial charge in [-0.05, 0) is 37.0 Å². The highest BCUT2D eigenvalue weighted by Crippen LogP contribution is 2.25.